The van der Waals surface area contributed by atoms with Crippen LogP contribution in [0.5, 0.6) is 0 Å². The average molecular weight is 259 g/mol. The summed E-state index contributed by atoms with van der Waals surface area (Å²) >= 11 is 12.9. The van der Waals surface area contributed by atoms with Gasteiger partial charge in [0.25, 0.3) is 0 Å². The molecule has 0 spiro atoms. The number of benzene rings is 1. The Morgan fingerprint density at radius 1 is 1.00 bits per heavy atom. The van der Waals surface area contributed by atoms with Crippen LogP contribution in [-0.2, 0) is 0 Å². The molecule has 2 aromatic rings. The van der Waals surface area contributed by atoms with Crippen molar-refractivity contribution in [2.24, 2.45) is 0 Å². The minimum atomic E-state index is -0.625. The number of hydrogen-bond acceptors (Lipinski definition) is 2. The summed E-state index contributed by atoms with van der Waals surface area (Å²) in [7, 11) is 0. The highest BCUT2D eigenvalue weighted by atomic mass is 35.5. The standard InChI is InChI=1S/C11H8Cl2OS/c12-8-3-1-7(2-4-8)11(14)9-5-6-10(13)15-9/h1-6,11,14H. The topological polar surface area (TPSA) is 20.2 Å². The van der Waals surface area contributed by atoms with Gasteiger partial charge in [-0.15, -0.1) is 11.3 Å². The van der Waals surface area contributed by atoms with Crippen molar-refractivity contribution < 1.29 is 5.11 Å². The summed E-state index contributed by atoms with van der Waals surface area (Å²) in [6, 6.07) is 10.7. The van der Waals surface area contributed by atoms with Gasteiger partial charge >= 0.3 is 0 Å². The van der Waals surface area contributed by atoms with E-state index in [0.29, 0.717) is 9.36 Å². The molecule has 1 nitrogen and oxygen atoms in total. The zero-order valence-corrected chi connectivity index (χ0v) is 9.98. The van der Waals surface area contributed by atoms with Crippen LogP contribution in [0.1, 0.15) is 16.5 Å². The van der Waals surface area contributed by atoms with Crippen molar-refractivity contribution in [3.8, 4) is 0 Å². The largest absolute Gasteiger partial charge is 0.383 e. The zero-order chi connectivity index (χ0) is 10.8. The molecule has 0 radical (unpaired) electrons. The minimum absolute atomic E-state index is 0.625. The Morgan fingerprint density at radius 3 is 2.20 bits per heavy atom. The highest BCUT2D eigenvalue weighted by Gasteiger charge is 2.12. The average Bonchev–Trinajstić information content (AvgIpc) is 2.65. The maximum Gasteiger partial charge on any atom is 0.113 e. The van der Waals surface area contributed by atoms with Gasteiger partial charge in [0.05, 0.1) is 4.34 Å². The molecule has 0 amide bonds. The van der Waals surface area contributed by atoms with Crippen LogP contribution in [0.4, 0.5) is 0 Å². The molecular formula is C11H8Cl2OS. The van der Waals surface area contributed by atoms with Crippen molar-refractivity contribution in [3.63, 3.8) is 0 Å². The molecule has 1 N–H and O–H groups in total. The number of thiophene rings is 1. The van der Waals surface area contributed by atoms with Crippen LogP contribution in [-0.4, -0.2) is 5.11 Å². The normalized spacial score (nSPS) is 12.7. The second kappa shape index (κ2) is 4.54. The summed E-state index contributed by atoms with van der Waals surface area (Å²) in [4.78, 5) is 0.835. The quantitative estimate of drug-likeness (QED) is 0.859. The van der Waals surface area contributed by atoms with Crippen LogP contribution >= 0.6 is 34.5 Å². The van der Waals surface area contributed by atoms with Gasteiger partial charge in [0.2, 0.25) is 0 Å². The molecule has 78 valence electrons. The van der Waals surface area contributed by atoms with Gasteiger partial charge in [0.1, 0.15) is 6.10 Å². The molecule has 0 aliphatic heterocycles. The lowest BCUT2D eigenvalue weighted by molar-refractivity contribution is 0.224. The summed E-state index contributed by atoms with van der Waals surface area (Å²) in [6.45, 7) is 0. The fourth-order valence-corrected chi connectivity index (χ4v) is 2.49. The van der Waals surface area contributed by atoms with Gasteiger partial charge in [-0.05, 0) is 29.8 Å². The molecule has 1 heterocycles. The molecular weight excluding hydrogens is 251 g/mol. The van der Waals surface area contributed by atoms with E-state index in [1.165, 1.54) is 11.3 Å². The monoisotopic (exact) mass is 258 g/mol. The van der Waals surface area contributed by atoms with Gasteiger partial charge in [-0.1, -0.05) is 35.3 Å². The van der Waals surface area contributed by atoms with E-state index in [4.69, 9.17) is 23.2 Å². The Hall–Kier alpha value is -0.540. The fourth-order valence-electron chi connectivity index (χ4n) is 1.28. The third-order valence-corrected chi connectivity index (χ3v) is 3.58. The molecule has 0 saturated carbocycles. The van der Waals surface area contributed by atoms with Crippen LogP contribution in [0.3, 0.4) is 0 Å². The smallest absolute Gasteiger partial charge is 0.113 e. The molecule has 0 fully saturated rings. The first-order valence-electron chi connectivity index (χ1n) is 4.35. The lowest BCUT2D eigenvalue weighted by Crippen LogP contribution is -1.95. The Bertz CT molecular complexity index is 450. The van der Waals surface area contributed by atoms with Gasteiger partial charge in [0, 0.05) is 9.90 Å². The van der Waals surface area contributed by atoms with Gasteiger partial charge < -0.3 is 5.11 Å². The van der Waals surface area contributed by atoms with Gasteiger partial charge in [-0.2, -0.15) is 0 Å². The van der Waals surface area contributed by atoms with E-state index in [-0.39, 0.29) is 0 Å². The fraction of sp³-hybridized carbons (Fsp3) is 0.0909. The van der Waals surface area contributed by atoms with E-state index in [2.05, 4.69) is 0 Å². The number of rotatable bonds is 2. The number of aliphatic hydroxyl groups is 1. The third kappa shape index (κ3) is 2.52. The Kier molecular flexibility index (Phi) is 3.32. The molecule has 0 aliphatic rings. The van der Waals surface area contributed by atoms with Crippen LogP contribution in [0.15, 0.2) is 36.4 Å². The molecule has 2 rings (SSSR count). The number of aliphatic hydroxyl groups excluding tert-OH is 1. The van der Waals surface area contributed by atoms with Gasteiger partial charge in [0.15, 0.2) is 0 Å². The summed E-state index contributed by atoms with van der Waals surface area (Å²) in [5.41, 5.74) is 0.818. The highest BCUT2D eigenvalue weighted by Crippen LogP contribution is 2.31. The molecule has 0 aliphatic carbocycles. The van der Waals surface area contributed by atoms with Crippen molar-refractivity contribution in [1.29, 1.82) is 0 Å². The molecule has 15 heavy (non-hydrogen) atoms. The molecule has 0 saturated heterocycles. The maximum atomic E-state index is 10.0. The Morgan fingerprint density at radius 2 is 1.67 bits per heavy atom. The van der Waals surface area contributed by atoms with E-state index in [0.717, 1.165) is 10.4 Å². The van der Waals surface area contributed by atoms with Crippen molar-refractivity contribution in [1.82, 2.24) is 0 Å². The minimum Gasteiger partial charge on any atom is -0.383 e. The third-order valence-electron chi connectivity index (χ3n) is 2.05. The van der Waals surface area contributed by atoms with Gasteiger partial charge in [-0.3, -0.25) is 0 Å². The summed E-state index contributed by atoms with van der Waals surface area (Å²) in [5, 5.41) is 10.7. The molecule has 0 bridgehead atoms. The summed E-state index contributed by atoms with van der Waals surface area (Å²) in [5.74, 6) is 0. The van der Waals surface area contributed by atoms with Crippen molar-refractivity contribution in [2.45, 2.75) is 6.10 Å². The van der Waals surface area contributed by atoms with Crippen LogP contribution in [0.25, 0.3) is 0 Å². The SMILES string of the molecule is OC(c1ccc(Cl)cc1)c1ccc(Cl)s1. The van der Waals surface area contributed by atoms with Crippen LogP contribution in [0.2, 0.25) is 9.36 Å². The zero-order valence-electron chi connectivity index (χ0n) is 7.65. The van der Waals surface area contributed by atoms with Gasteiger partial charge in [-0.25, -0.2) is 0 Å². The first kappa shape index (κ1) is 11.0. The predicted octanol–water partition coefficient (Wildman–Crippen LogP) is 4.14. The lowest BCUT2D eigenvalue weighted by Gasteiger charge is -2.08. The molecule has 1 aromatic carbocycles. The summed E-state index contributed by atoms with van der Waals surface area (Å²) < 4.78 is 0.679. The predicted molar refractivity (Wildman–Crippen MR) is 64.8 cm³/mol. The van der Waals surface area contributed by atoms with Crippen LogP contribution in [0, 0.1) is 0 Å². The van der Waals surface area contributed by atoms with Crippen molar-refractivity contribution in [2.75, 3.05) is 0 Å². The van der Waals surface area contributed by atoms with E-state index in [1.807, 2.05) is 6.07 Å². The summed E-state index contributed by atoms with van der Waals surface area (Å²) in [6.07, 6.45) is -0.625. The Labute approximate surface area is 102 Å². The molecule has 1 atom stereocenters. The first-order chi connectivity index (χ1) is 7.16. The number of hydrogen-bond donors (Lipinski definition) is 1. The Balaban J connectivity index is 2.28. The van der Waals surface area contributed by atoms with Crippen molar-refractivity contribution in [3.05, 3.63) is 56.2 Å². The maximum absolute atomic E-state index is 10.0. The first-order valence-corrected chi connectivity index (χ1v) is 5.93. The molecule has 1 unspecified atom stereocenters. The second-order valence-corrected chi connectivity index (χ2v) is 5.28. The van der Waals surface area contributed by atoms with Crippen LogP contribution < -0.4 is 0 Å². The second-order valence-electron chi connectivity index (χ2n) is 3.10. The lowest BCUT2D eigenvalue weighted by atomic mass is 10.1. The van der Waals surface area contributed by atoms with E-state index >= 15 is 0 Å². The molecule has 4 heteroatoms. The highest BCUT2D eigenvalue weighted by molar-refractivity contribution is 7.16. The van der Waals surface area contributed by atoms with E-state index in [9.17, 15) is 5.11 Å². The van der Waals surface area contributed by atoms with E-state index < -0.39 is 6.10 Å². The molecule has 1 aromatic heterocycles. The van der Waals surface area contributed by atoms with E-state index in [1.54, 1.807) is 30.3 Å². The van der Waals surface area contributed by atoms with Crippen molar-refractivity contribution >= 4 is 34.5 Å². The number of halogens is 2.